The van der Waals surface area contributed by atoms with Crippen LogP contribution in [0, 0.1) is 13.8 Å². The predicted molar refractivity (Wildman–Crippen MR) is 78.0 cm³/mol. The quantitative estimate of drug-likeness (QED) is 0.910. The monoisotopic (exact) mass is 293 g/mol. The molecule has 0 saturated heterocycles. The van der Waals surface area contributed by atoms with Gasteiger partial charge in [0.1, 0.15) is 0 Å². The summed E-state index contributed by atoms with van der Waals surface area (Å²) in [6, 6.07) is 5.42. The second-order valence-electron chi connectivity index (χ2n) is 4.95. The van der Waals surface area contributed by atoms with Crippen molar-refractivity contribution in [1.82, 2.24) is 14.3 Å². The molecule has 0 amide bonds. The summed E-state index contributed by atoms with van der Waals surface area (Å²) >= 11 is 0. The number of hydrogen-bond acceptors (Lipinski definition) is 3. The molecule has 1 N–H and O–H groups in total. The highest BCUT2D eigenvalue weighted by Crippen LogP contribution is 2.16. The average Bonchev–Trinajstić information content (AvgIpc) is 2.78. The van der Waals surface area contributed by atoms with Crippen LogP contribution in [-0.2, 0) is 23.5 Å². The molecule has 0 radical (unpaired) electrons. The minimum Gasteiger partial charge on any atom is -0.340 e. The van der Waals surface area contributed by atoms with E-state index in [1.807, 2.05) is 36.9 Å². The first kappa shape index (κ1) is 14.7. The fourth-order valence-electron chi connectivity index (χ4n) is 1.98. The largest absolute Gasteiger partial charge is 0.340 e. The molecule has 108 valence electrons. The second-order valence-corrected chi connectivity index (χ2v) is 6.68. The Kier molecular flexibility index (Phi) is 4.25. The highest BCUT2D eigenvalue weighted by atomic mass is 32.2. The zero-order valence-electron chi connectivity index (χ0n) is 11.9. The third-order valence-corrected chi connectivity index (χ3v) is 4.67. The van der Waals surface area contributed by atoms with Gasteiger partial charge in [-0.2, -0.15) is 0 Å². The minimum absolute atomic E-state index is 0.340. The minimum atomic E-state index is -3.46. The first-order valence-electron chi connectivity index (χ1n) is 6.42. The Bertz CT molecular complexity index is 705. The number of nitrogens with one attached hydrogen (secondary N) is 1. The molecule has 0 bridgehead atoms. The Labute approximate surface area is 119 Å². The van der Waals surface area contributed by atoms with Crippen molar-refractivity contribution in [1.29, 1.82) is 0 Å². The molecule has 0 aliphatic carbocycles. The van der Waals surface area contributed by atoms with Crippen molar-refractivity contribution in [3.8, 4) is 0 Å². The van der Waals surface area contributed by atoms with E-state index in [1.165, 1.54) is 0 Å². The van der Waals surface area contributed by atoms with Crippen LogP contribution in [0.25, 0.3) is 0 Å². The summed E-state index contributed by atoms with van der Waals surface area (Å²) in [5.74, 6) is 0. The standard InChI is InChI=1S/C14H19N3O2S/c1-11-4-5-12(2)14(8-11)20(18,19)16-7-6-13-9-17(3)10-15-13/h4-5,8-10,16H,6-7H2,1-3H3. The van der Waals surface area contributed by atoms with E-state index in [1.54, 1.807) is 19.3 Å². The third-order valence-electron chi connectivity index (χ3n) is 3.06. The number of aromatic nitrogens is 2. The second kappa shape index (κ2) is 5.76. The van der Waals surface area contributed by atoms with Crippen LogP contribution in [0.15, 0.2) is 35.6 Å². The summed E-state index contributed by atoms with van der Waals surface area (Å²) < 4.78 is 29.0. The Morgan fingerprint density at radius 1 is 1.30 bits per heavy atom. The Morgan fingerprint density at radius 3 is 2.70 bits per heavy atom. The van der Waals surface area contributed by atoms with E-state index in [2.05, 4.69) is 9.71 Å². The molecular formula is C14H19N3O2S. The molecule has 2 rings (SSSR count). The topological polar surface area (TPSA) is 64.0 Å². The summed E-state index contributed by atoms with van der Waals surface area (Å²) in [6.45, 7) is 4.02. The van der Waals surface area contributed by atoms with Crippen molar-refractivity contribution >= 4 is 10.0 Å². The van der Waals surface area contributed by atoms with Crippen LogP contribution < -0.4 is 4.72 Å². The van der Waals surface area contributed by atoms with Crippen molar-refractivity contribution in [3.63, 3.8) is 0 Å². The van der Waals surface area contributed by atoms with Crippen molar-refractivity contribution in [3.05, 3.63) is 47.5 Å². The van der Waals surface area contributed by atoms with Crippen molar-refractivity contribution in [2.45, 2.75) is 25.2 Å². The van der Waals surface area contributed by atoms with Gasteiger partial charge in [0, 0.05) is 26.2 Å². The molecule has 6 heteroatoms. The normalized spacial score (nSPS) is 11.8. The zero-order valence-corrected chi connectivity index (χ0v) is 12.7. The molecule has 0 aliphatic rings. The van der Waals surface area contributed by atoms with Crippen molar-refractivity contribution in [2.24, 2.45) is 7.05 Å². The Morgan fingerprint density at radius 2 is 2.05 bits per heavy atom. The lowest BCUT2D eigenvalue weighted by Crippen LogP contribution is -2.26. The number of nitrogens with zero attached hydrogens (tertiary/aromatic N) is 2. The molecule has 20 heavy (non-hydrogen) atoms. The van der Waals surface area contributed by atoms with Gasteiger partial charge in [-0.05, 0) is 31.0 Å². The maximum absolute atomic E-state index is 12.3. The SMILES string of the molecule is Cc1ccc(C)c(S(=O)(=O)NCCc2cn(C)cn2)c1. The van der Waals surface area contributed by atoms with E-state index >= 15 is 0 Å². The van der Waals surface area contributed by atoms with Crippen LogP contribution in [0.5, 0.6) is 0 Å². The number of sulfonamides is 1. The molecule has 1 aromatic carbocycles. The number of aryl methyl sites for hydroxylation is 3. The zero-order chi connectivity index (χ0) is 14.8. The molecule has 0 unspecified atom stereocenters. The summed E-state index contributed by atoms with van der Waals surface area (Å²) in [4.78, 5) is 4.51. The summed E-state index contributed by atoms with van der Waals surface area (Å²) in [6.07, 6.45) is 4.16. The van der Waals surface area contributed by atoms with Gasteiger partial charge in [-0.3, -0.25) is 0 Å². The maximum atomic E-state index is 12.3. The van der Waals surface area contributed by atoms with Crippen LogP contribution >= 0.6 is 0 Å². The predicted octanol–water partition coefficient (Wildman–Crippen LogP) is 1.56. The fraction of sp³-hybridized carbons (Fsp3) is 0.357. The van der Waals surface area contributed by atoms with Crippen LogP contribution in [0.2, 0.25) is 0 Å². The van der Waals surface area contributed by atoms with Gasteiger partial charge in [0.05, 0.1) is 16.9 Å². The molecule has 5 nitrogen and oxygen atoms in total. The highest BCUT2D eigenvalue weighted by molar-refractivity contribution is 7.89. The molecule has 1 aromatic heterocycles. The van der Waals surface area contributed by atoms with Crippen LogP contribution in [0.3, 0.4) is 0 Å². The first-order chi connectivity index (χ1) is 9.38. The van der Waals surface area contributed by atoms with Crippen LogP contribution in [0.1, 0.15) is 16.8 Å². The Balaban J connectivity index is 2.06. The summed E-state index contributed by atoms with van der Waals surface area (Å²) in [5, 5.41) is 0. The lowest BCUT2D eigenvalue weighted by atomic mass is 10.2. The van der Waals surface area contributed by atoms with Gasteiger partial charge in [-0.25, -0.2) is 18.1 Å². The van der Waals surface area contributed by atoms with Gasteiger partial charge >= 0.3 is 0 Å². The molecule has 0 fully saturated rings. The molecule has 0 aliphatic heterocycles. The molecule has 0 atom stereocenters. The van der Waals surface area contributed by atoms with E-state index in [0.717, 1.165) is 16.8 Å². The summed E-state index contributed by atoms with van der Waals surface area (Å²) in [5.41, 5.74) is 2.55. The van der Waals surface area contributed by atoms with Gasteiger partial charge in [0.2, 0.25) is 10.0 Å². The maximum Gasteiger partial charge on any atom is 0.240 e. The van der Waals surface area contributed by atoms with E-state index in [0.29, 0.717) is 17.9 Å². The fourth-order valence-corrected chi connectivity index (χ4v) is 3.34. The molecule has 1 heterocycles. The molecular weight excluding hydrogens is 274 g/mol. The number of benzene rings is 1. The van der Waals surface area contributed by atoms with Gasteiger partial charge < -0.3 is 4.57 Å². The van der Waals surface area contributed by atoms with Crippen molar-refractivity contribution in [2.75, 3.05) is 6.54 Å². The number of imidazole rings is 1. The van der Waals surface area contributed by atoms with Crippen LogP contribution in [-0.4, -0.2) is 24.5 Å². The molecule has 0 saturated carbocycles. The first-order valence-corrected chi connectivity index (χ1v) is 7.90. The lowest BCUT2D eigenvalue weighted by Gasteiger charge is -2.09. The smallest absolute Gasteiger partial charge is 0.240 e. The third kappa shape index (κ3) is 3.46. The van der Waals surface area contributed by atoms with Crippen LogP contribution in [0.4, 0.5) is 0 Å². The molecule has 2 aromatic rings. The van der Waals surface area contributed by atoms with Gasteiger partial charge in [0.15, 0.2) is 0 Å². The Hall–Kier alpha value is -1.66. The van der Waals surface area contributed by atoms with Gasteiger partial charge in [0.25, 0.3) is 0 Å². The van der Waals surface area contributed by atoms with E-state index in [4.69, 9.17) is 0 Å². The summed E-state index contributed by atoms with van der Waals surface area (Å²) in [7, 11) is -1.58. The average molecular weight is 293 g/mol. The van der Waals surface area contributed by atoms with E-state index < -0.39 is 10.0 Å². The molecule has 0 spiro atoms. The van der Waals surface area contributed by atoms with Crippen molar-refractivity contribution < 1.29 is 8.42 Å². The van der Waals surface area contributed by atoms with Gasteiger partial charge in [-0.1, -0.05) is 12.1 Å². The van der Waals surface area contributed by atoms with E-state index in [-0.39, 0.29) is 0 Å². The number of rotatable bonds is 5. The lowest BCUT2D eigenvalue weighted by molar-refractivity contribution is 0.580. The van der Waals surface area contributed by atoms with Gasteiger partial charge in [-0.15, -0.1) is 0 Å². The highest BCUT2D eigenvalue weighted by Gasteiger charge is 2.16. The van der Waals surface area contributed by atoms with E-state index in [9.17, 15) is 8.42 Å². The number of hydrogen-bond donors (Lipinski definition) is 1.